The van der Waals surface area contributed by atoms with Crippen LogP contribution in [0.25, 0.3) is 10.1 Å². The molecule has 2 aliphatic heterocycles. The third kappa shape index (κ3) is 3.19. The van der Waals surface area contributed by atoms with Gasteiger partial charge >= 0.3 is 6.09 Å². The number of amidine groups is 1. The molecule has 0 radical (unpaired) electrons. The fourth-order valence-corrected chi connectivity index (χ4v) is 4.02. The monoisotopic (exact) mass is 411 g/mol. The topological polar surface area (TPSA) is 81.6 Å². The summed E-state index contributed by atoms with van der Waals surface area (Å²) < 4.78 is 17.3. The number of carbonyl (C=O) groups excluding carboxylic acids is 1. The van der Waals surface area contributed by atoms with E-state index in [4.69, 9.17) is 19.0 Å². The fourth-order valence-electron chi connectivity index (χ4n) is 3.11. The van der Waals surface area contributed by atoms with E-state index in [-0.39, 0.29) is 6.79 Å². The van der Waals surface area contributed by atoms with Crippen molar-refractivity contribution >= 4 is 33.4 Å². The average Bonchev–Trinajstić information content (AvgIpc) is 3.38. The summed E-state index contributed by atoms with van der Waals surface area (Å²) in [5.41, 5.74) is 2.54. The minimum absolute atomic E-state index is 0.177. The molecular weight excluding hydrogens is 394 g/mol. The van der Waals surface area contributed by atoms with Crippen LogP contribution in [0.3, 0.4) is 0 Å². The standard InChI is InChI=1S/C20H17N3O5S/c1-20(2)23(18(22-28-20)13-7-8-14-15(9-13)26-11-25-14)21-19(24)27-17-10-12-5-3-4-6-16(12)29-17/h3-10H,11H2,1-2H3,(H,21,24). The number of oxime groups is 1. The minimum atomic E-state index is -0.898. The van der Waals surface area contributed by atoms with Gasteiger partial charge in [-0.15, -0.1) is 0 Å². The zero-order valence-electron chi connectivity index (χ0n) is 15.7. The lowest BCUT2D eigenvalue weighted by Crippen LogP contribution is -2.55. The maximum absolute atomic E-state index is 12.6. The van der Waals surface area contributed by atoms with Gasteiger partial charge in [-0.25, -0.2) is 15.2 Å². The molecule has 0 saturated heterocycles. The van der Waals surface area contributed by atoms with Crippen molar-refractivity contribution in [2.24, 2.45) is 5.16 Å². The number of hydrogen-bond donors (Lipinski definition) is 1. The van der Waals surface area contributed by atoms with E-state index >= 15 is 0 Å². The molecule has 3 heterocycles. The van der Waals surface area contributed by atoms with Crippen LogP contribution >= 0.6 is 11.3 Å². The van der Waals surface area contributed by atoms with Gasteiger partial charge in [0.25, 0.3) is 0 Å². The van der Waals surface area contributed by atoms with Crippen LogP contribution in [0, 0.1) is 0 Å². The van der Waals surface area contributed by atoms with E-state index < -0.39 is 11.8 Å². The molecule has 29 heavy (non-hydrogen) atoms. The molecule has 0 spiro atoms. The highest BCUT2D eigenvalue weighted by Crippen LogP contribution is 2.35. The van der Waals surface area contributed by atoms with Gasteiger partial charge in [-0.2, -0.15) is 0 Å². The molecule has 0 fully saturated rings. The molecule has 0 unspecified atom stereocenters. The zero-order chi connectivity index (χ0) is 20.0. The second kappa shape index (κ2) is 6.56. The number of fused-ring (bicyclic) bond motifs is 2. The minimum Gasteiger partial charge on any atom is -0.454 e. The molecule has 3 aromatic rings. The first kappa shape index (κ1) is 17.6. The molecular formula is C20H17N3O5S. The van der Waals surface area contributed by atoms with Gasteiger partial charge in [-0.1, -0.05) is 34.7 Å². The number of nitrogens with zero attached hydrogens (tertiary/aromatic N) is 2. The number of amides is 1. The summed E-state index contributed by atoms with van der Waals surface area (Å²) in [6, 6.07) is 15.1. The summed E-state index contributed by atoms with van der Waals surface area (Å²) in [5, 5.41) is 7.19. The molecule has 2 aromatic carbocycles. The van der Waals surface area contributed by atoms with Crippen LogP contribution in [0.4, 0.5) is 4.79 Å². The Hall–Kier alpha value is -3.46. The summed E-state index contributed by atoms with van der Waals surface area (Å²) in [4.78, 5) is 18.1. The first-order valence-corrected chi connectivity index (χ1v) is 9.75. The smallest absolute Gasteiger partial charge is 0.432 e. The summed E-state index contributed by atoms with van der Waals surface area (Å²) >= 11 is 1.40. The van der Waals surface area contributed by atoms with Crippen LogP contribution in [0.15, 0.2) is 53.7 Å². The third-order valence-electron chi connectivity index (χ3n) is 4.54. The highest BCUT2D eigenvalue weighted by atomic mass is 32.1. The number of nitrogens with one attached hydrogen (secondary N) is 1. The Bertz CT molecular complexity index is 1110. The molecule has 0 aliphatic carbocycles. The van der Waals surface area contributed by atoms with Gasteiger partial charge in [0.2, 0.25) is 12.5 Å². The largest absolute Gasteiger partial charge is 0.454 e. The highest BCUT2D eigenvalue weighted by Gasteiger charge is 2.40. The molecule has 0 atom stereocenters. The molecule has 2 aliphatic rings. The SMILES string of the molecule is CC1(C)ON=C(c2ccc3c(c2)OCO3)N1NC(=O)Oc1cc2ccccc2s1. The van der Waals surface area contributed by atoms with Crippen molar-refractivity contribution in [2.45, 2.75) is 19.6 Å². The number of ether oxygens (including phenoxy) is 3. The maximum atomic E-state index is 12.6. The Labute approximate surface area is 170 Å². The van der Waals surface area contributed by atoms with E-state index in [1.807, 2.05) is 36.4 Å². The number of thiophene rings is 1. The second-order valence-corrected chi connectivity index (χ2v) is 8.01. The van der Waals surface area contributed by atoms with Gasteiger partial charge in [0.1, 0.15) is 0 Å². The summed E-state index contributed by atoms with van der Waals surface area (Å²) in [5.74, 6) is 1.71. The van der Waals surface area contributed by atoms with Crippen molar-refractivity contribution in [1.82, 2.24) is 10.4 Å². The van der Waals surface area contributed by atoms with Gasteiger partial charge < -0.3 is 19.0 Å². The van der Waals surface area contributed by atoms with E-state index in [1.54, 1.807) is 26.0 Å². The van der Waals surface area contributed by atoms with Crippen LogP contribution in [0.1, 0.15) is 19.4 Å². The molecule has 1 N–H and O–H groups in total. The van der Waals surface area contributed by atoms with Crippen molar-refractivity contribution < 1.29 is 23.8 Å². The lowest BCUT2D eigenvalue weighted by Gasteiger charge is -2.30. The van der Waals surface area contributed by atoms with Gasteiger partial charge in [0, 0.05) is 16.3 Å². The number of benzene rings is 2. The van der Waals surface area contributed by atoms with Gasteiger partial charge in [0.15, 0.2) is 22.4 Å². The molecule has 1 aromatic heterocycles. The van der Waals surface area contributed by atoms with Crippen LogP contribution < -0.4 is 19.6 Å². The highest BCUT2D eigenvalue weighted by molar-refractivity contribution is 7.20. The van der Waals surface area contributed by atoms with Crippen molar-refractivity contribution in [3.8, 4) is 16.6 Å². The van der Waals surface area contributed by atoms with Gasteiger partial charge in [0.05, 0.1) is 0 Å². The Morgan fingerprint density at radius 1 is 1.17 bits per heavy atom. The van der Waals surface area contributed by atoms with Crippen molar-refractivity contribution in [3.63, 3.8) is 0 Å². The van der Waals surface area contributed by atoms with Crippen molar-refractivity contribution in [3.05, 3.63) is 54.1 Å². The third-order valence-corrected chi connectivity index (χ3v) is 5.53. The van der Waals surface area contributed by atoms with Crippen LogP contribution in [-0.4, -0.2) is 29.5 Å². The first-order valence-electron chi connectivity index (χ1n) is 8.93. The van der Waals surface area contributed by atoms with Gasteiger partial charge in [-0.3, -0.25) is 0 Å². The first-order chi connectivity index (χ1) is 14.0. The Morgan fingerprint density at radius 3 is 2.86 bits per heavy atom. The number of rotatable bonds is 3. The fraction of sp³-hybridized carbons (Fsp3) is 0.200. The molecule has 1 amide bonds. The molecule has 0 saturated carbocycles. The molecule has 148 valence electrons. The number of carbonyl (C=O) groups is 1. The predicted octanol–water partition coefficient (Wildman–Crippen LogP) is 4.06. The van der Waals surface area contributed by atoms with Gasteiger partial charge in [-0.05, 0) is 43.5 Å². The Balaban J connectivity index is 1.36. The Kier molecular flexibility index (Phi) is 3.99. The van der Waals surface area contributed by atoms with Crippen LogP contribution in [0.2, 0.25) is 0 Å². The van der Waals surface area contributed by atoms with E-state index in [9.17, 15) is 4.79 Å². The van der Waals surface area contributed by atoms with E-state index in [2.05, 4.69) is 10.6 Å². The Morgan fingerprint density at radius 2 is 2.00 bits per heavy atom. The normalized spacial score (nSPS) is 16.5. The second-order valence-electron chi connectivity index (χ2n) is 6.96. The summed E-state index contributed by atoms with van der Waals surface area (Å²) in [7, 11) is 0. The molecule has 9 heteroatoms. The maximum Gasteiger partial charge on any atom is 0.432 e. The lowest BCUT2D eigenvalue weighted by atomic mass is 10.1. The molecule has 8 nitrogen and oxygen atoms in total. The quantitative estimate of drug-likeness (QED) is 0.700. The van der Waals surface area contributed by atoms with E-state index in [0.29, 0.717) is 28.0 Å². The lowest BCUT2D eigenvalue weighted by molar-refractivity contribution is -0.0828. The molecule has 0 bridgehead atoms. The summed E-state index contributed by atoms with van der Waals surface area (Å²) in [6.45, 7) is 3.75. The number of hydrazine groups is 1. The molecule has 5 rings (SSSR count). The predicted molar refractivity (Wildman–Crippen MR) is 107 cm³/mol. The summed E-state index contributed by atoms with van der Waals surface area (Å²) in [6.07, 6.45) is -0.636. The van der Waals surface area contributed by atoms with Crippen molar-refractivity contribution in [1.29, 1.82) is 0 Å². The van der Waals surface area contributed by atoms with Crippen molar-refractivity contribution in [2.75, 3.05) is 6.79 Å². The zero-order valence-corrected chi connectivity index (χ0v) is 16.5. The van der Waals surface area contributed by atoms with E-state index in [0.717, 1.165) is 10.1 Å². The number of hydrogen-bond acceptors (Lipinski definition) is 8. The average molecular weight is 411 g/mol. The van der Waals surface area contributed by atoms with Crippen LogP contribution in [0.5, 0.6) is 16.6 Å². The van der Waals surface area contributed by atoms with E-state index in [1.165, 1.54) is 16.3 Å². The van der Waals surface area contributed by atoms with Crippen LogP contribution in [-0.2, 0) is 4.84 Å².